The van der Waals surface area contributed by atoms with E-state index in [0.29, 0.717) is 0 Å². The maximum Gasteiger partial charge on any atom is 0.214 e. The number of anilines is 1. The normalized spacial score (nSPS) is 22.1. The van der Waals surface area contributed by atoms with E-state index in [0.717, 1.165) is 5.69 Å². The van der Waals surface area contributed by atoms with Crippen molar-refractivity contribution in [1.82, 2.24) is 16.1 Å². The van der Waals surface area contributed by atoms with E-state index in [4.69, 9.17) is 0 Å². The molecule has 1 unspecified atom stereocenters. The van der Waals surface area contributed by atoms with Gasteiger partial charge >= 0.3 is 0 Å². The fourth-order valence-corrected chi connectivity index (χ4v) is 1.64. The first kappa shape index (κ1) is 8.31. The number of rotatable bonds is 1. The van der Waals surface area contributed by atoms with Gasteiger partial charge in [0.2, 0.25) is 6.34 Å². The van der Waals surface area contributed by atoms with E-state index in [2.05, 4.69) is 40.0 Å². The maximum absolute atomic E-state index is 3.74. The Hall–Kier alpha value is -2.01. The summed E-state index contributed by atoms with van der Waals surface area (Å²) in [6, 6.07) is 8.15. The monoisotopic (exact) mass is 200 g/mol. The Morgan fingerprint density at radius 2 is 2.27 bits per heavy atom. The van der Waals surface area contributed by atoms with Gasteiger partial charge in [-0.3, -0.25) is 0 Å². The minimum atomic E-state index is 0.0265. The van der Waals surface area contributed by atoms with Crippen molar-refractivity contribution in [3.63, 3.8) is 0 Å². The summed E-state index contributed by atoms with van der Waals surface area (Å²) in [5.41, 5.74) is 7.76. The van der Waals surface area contributed by atoms with Crippen molar-refractivity contribution in [2.24, 2.45) is 5.10 Å². The smallest absolute Gasteiger partial charge is 0.214 e. The summed E-state index contributed by atoms with van der Waals surface area (Å²) in [5.74, 6) is 0. The molecule has 15 heavy (non-hydrogen) atoms. The lowest BCUT2D eigenvalue weighted by Gasteiger charge is -2.27. The first-order valence-corrected chi connectivity index (χ1v) is 4.72. The molecule has 0 fully saturated rings. The lowest BCUT2D eigenvalue weighted by Crippen LogP contribution is -2.47. The van der Waals surface area contributed by atoms with Crippen molar-refractivity contribution in [2.45, 2.75) is 6.17 Å². The second kappa shape index (κ2) is 3.29. The molecular formula is C10H10N5. The van der Waals surface area contributed by atoms with Gasteiger partial charge in [0, 0.05) is 5.69 Å². The minimum Gasteiger partial charge on any atom is -0.360 e. The van der Waals surface area contributed by atoms with Crippen LogP contribution in [-0.4, -0.2) is 17.5 Å². The Kier molecular flexibility index (Phi) is 1.82. The first-order valence-electron chi connectivity index (χ1n) is 4.72. The average Bonchev–Trinajstić information content (AvgIpc) is 2.82. The van der Waals surface area contributed by atoms with Crippen LogP contribution in [0.4, 0.5) is 5.69 Å². The van der Waals surface area contributed by atoms with Crippen molar-refractivity contribution in [3.05, 3.63) is 35.9 Å². The number of benzene rings is 1. The van der Waals surface area contributed by atoms with E-state index < -0.39 is 0 Å². The van der Waals surface area contributed by atoms with Crippen LogP contribution < -0.4 is 16.4 Å². The molecular weight excluding hydrogens is 190 g/mol. The number of hydrogen-bond donors (Lipinski definition) is 3. The summed E-state index contributed by atoms with van der Waals surface area (Å²) in [7, 11) is 0. The van der Waals surface area contributed by atoms with Gasteiger partial charge in [-0.15, -0.1) is 10.6 Å². The highest BCUT2D eigenvalue weighted by molar-refractivity contribution is 5.71. The molecule has 2 aliphatic heterocycles. The minimum absolute atomic E-state index is 0.0265. The van der Waals surface area contributed by atoms with Gasteiger partial charge in [-0.1, -0.05) is 24.3 Å². The molecule has 3 rings (SSSR count). The molecule has 2 aliphatic rings. The number of para-hydroxylation sites is 1. The fraction of sp³-hybridized carbons (Fsp3) is 0.100. The number of nitrogens with zero attached hydrogens (tertiary/aromatic N) is 2. The van der Waals surface area contributed by atoms with Crippen LogP contribution in [0.2, 0.25) is 0 Å². The highest BCUT2D eigenvalue weighted by Crippen LogP contribution is 2.22. The lowest BCUT2D eigenvalue weighted by atomic mass is 10.1. The van der Waals surface area contributed by atoms with Crippen LogP contribution in [0.3, 0.4) is 0 Å². The van der Waals surface area contributed by atoms with Crippen LogP contribution in [0.5, 0.6) is 0 Å². The summed E-state index contributed by atoms with van der Waals surface area (Å²) in [6.45, 7) is 0. The SMILES string of the molecule is [C]1=NNNN1C1C=Cc2ccccc2N1. The van der Waals surface area contributed by atoms with Crippen LogP contribution in [0.15, 0.2) is 35.4 Å². The molecule has 1 aromatic rings. The number of hydrazone groups is 1. The van der Waals surface area contributed by atoms with Crippen molar-refractivity contribution >= 4 is 18.1 Å². The predicted molar refractivity (Wildman–Crippen MR) is 58.4 cm³/mol. The Morgan fingerprint density at radius 1 is 1.33 bits per heavy atom. The molecule has 0 saturated carbocycles. The Bertz CT molecular complexity index is 426. The van der Waals surface area contributed by atoms with Crippen LogP contribution >= 0.6 is 0 Å². The molecule has 3 N–H and O–H groups in total. The molecule has 5 nitrogen and oxygen atoms in total. The highest BCUT2D eigenvalue weighted by Gasteiger charge is 2.19. The first-order chi connectivity index (χ1) is 7.43. The summed E-state index contributed by atoms with van der Waals surface area (Å²) in [6.07, 6.45) is 6.93. The number of hydrazine groups is 2. The van der Waals surface area contributed by atoms with Gasteiger partial charge in [0.1, 0.15) is 6.17 Å². The zero-order chi connectivity index (χ0) is 10.1. The van der Waals surface area contributed by atoms with Gasteiger partial charge < -0.3 is 5.32 Å². The molecule has 1 radical (unpaired) electrons. The Labute approximate surface area is 87.4 Å². The molecule has 75 valence electrons. The zero-order valence-corrected chi connectivity index (χ0v) is 7.94. The molecule has 0 bridgehead atoms. The fourth-order valence-electron chi connectivity index (χ4n) is 1.64. The van der Waals surface area contributed by atoms with Gasteiger partial charge in [-0.25, -0.2) is 10.5 Å². The summed E-state index contributed by atoms with van der Waals surface area (Å²) in [5, 5.41) is 8.82. The standard InChI is InChI=1S/C10H10N5/c1-2-4-9-8(3-1)5-6-10(12-9)15-7-11-13-14-15/h1-6,10,12-14H. The number of fused-ring (bicyclic) bond motifs is 1. The molecule has 2 heterocycles. The van der Waals surface area contributed by atoms with Gasteiger partial charge in [0.05, 0.1) is 0 Å². The largest absolute Gasteiger partial charge is 0.360 e. The van der Waals surface area contributed by atoms with E-state index in [1.54, 1.807) is 5.01 Å². The van der Waals surface area contributed by atoms with E-state index >= 15 is 0 Å². The molecule has 0 aliphatic carbocycles. The van der Waals surface area contributed by atoms with E-state index in [9.17, 15) is 0 Å². The second-order valence-corrected chi connectivity index (χ2v) is 3.34. The number of hydrogen-bond acceptors (Lipinski definition) is 5. The lowest BCUT2D eigenvalue weighted by molar-refractivity contribution is 0.276. The van der Waals surface area contributed by atoms with Gasteiger partial charge in [-0.05, 0) is 17.7 Å². The molecule has 0 amide bonds. The summed E-state index contributed by atoms with van der Waals surface area (Å²) >= 11 is 0. The van der Waals surface area contributed by atoms with Gasteiger partial charge in [-0.2, -0.15) is 0 Å². The molecule has 0 saturated heterocycles. The summed E-state index contributed by atoms with van der Waals surface area (Å²) in [4.78, 5) is 0. The Morgan fingerprint density at radius 3 is 3.13 bits per heavy atom. The van der Waals surface area contributed by atoms with Crippen molar-refractivity contribution in [3.8, 4) is 0 Å². The molecule has 1 atom stereocenters. The van der Waals surface area contributed by atoms with Crippen LogP contribution in [-0.2, 0) is 0 Å². The van der Waals surface area contributed by atoms with Crippen LogP contribution in [0, 0.1) is 0 Å². The third kappa shape index (κ3) is 1.42. The quantitative estimate of drug-likeness (QED) is 0.621. The molecule has 0 spiro atoms. The van der Waals surface area contributed by atoms with Crippen molar-refractivity contribution in [1.29, 1.82) is 0 Å². The number of nitrogens with one attached hydrogen (secondary N) is 3. The summed E-state index contributed by atoms with van der Waals surface area (Å²) < 4.78 is 0. The topological polar surface area (TPSA) is 51.7 Å². The van der Waals surface area contributed by atoms with Crippen LogP contribution in [0.25, 0.3) is 6.08 Å². The molecule has 5 heteroatoms. The van der Waals surface area contributed by atoms with Crippen molar-refractivity contribution < 1.29 is 0 Å². The second-order valence-electron chi connectivity index (χ2n) is 3.34. The molecule has 1 aromatic carbocycles. The maximum atomic E-state index is 3.74. The highest BCUT2D eigenvalue weighted by atomic mass is 15.8. The van der Waals surface area contributed by atoms with Crippen LogP contribution in [0.1, 0.15) is 5.56 Å². The van der Waals surface area contributed by atoms with E-state index in [-0.39, 0.29) is 6.17 Å². The zero-order valence-electron chi connectivity index (χ0n) is 7.94. The Balaban J connectivity index is 1.85. The predicted octanol–water partition coefficient (Wildman–Crippen LogP) is 0.596. The van der Waals surface area contributed by atoms with Gasteiger partial charge in [0.25, 0.3) is 0 Å². The average molecular weight is 200 g/mol. The van der Waals surface area contributed by atoms with E-state index in [1.807, 2.05) is 24.3 Å². The van der Waals surface area contributed by atoms with Gasteiger partial charge in [0.15, 0.2) is 0 Å². The third-order valence-electron chi connectivity index (χ3n) is 2.38. The third-order valence-corrected chi connectivity index (χ3v) is 2.38. The van der Waals surface area contributed by atoms with Crippen molar-refractivity contribution in [2.75, 3.05) is 5.32 Å². The van der Waals surface area contributed by atoms with E-state index in [1.165, 1.54) is 5.56 Å². The molecule has 0 aromatic heterocycles.